The number of hydrogen-bond donors (Lipinski definition) is 0. The molecule has 0 radical (unpaired) electrons. The van der Waals surface area contributed by atoms with Gasteiger partial charge in [-0.3, -0.25) is 0 Å². The molecular formula is C12H10BrClFNOS. The van der Waals surface area contributed by atoms with Crippen LogP contribution in [0.15, 0.2) is 28.1 Å². The van der Waals surface area contributed by atoms with Gasteiger partial charge in [0.2, 0.25) is 0 Å². The van der Waals surface area contributed by atoms with Gasteiger partial charge < -0.3 is 4.74 Å². The Kier molecular flexibility index (Phi) is 4.59. The van der Waals surface area contributed by atoms with E-state index in [4.69, 9.17) is 16.3 Å². The molecular weight excluding hydrogens is 341 g/mol. The van der Waals surface area contributed by atoms with Crippen molar-refractivity contribution in [1.29, 1.82) is 0 Å². The fraction of sp³-hybridized carbons (Fsp3) is 0.250. The summed E-state index contributed by atoms with van der Waals surface area (Å²) in [6.45, 7) is 1.83. The highest BCUT2D eigenvalue weighted by Gasteiger charge is 2.14. The highest BCUT2D eigenvalue weighted by atomic mass is 79.9. The van der Waals surface area contributed by atoms with Crippen molar-refractivity contribution in [2.75, 3.05) is 0 Å². The lowest BCUT2D eigenvalue weighted by atomic mass is 10.3. The number of benzene rings is 1. The van der Waals surface area contributed by atoms with E-state index in [1.54, 1.807) is 12.1 Å². The van der Waals surface area contributed by atoms with Crippen LogP contribution < -0.4 is 4.74 Å². The van der Waals surface area contributed by atoms with Crippen LogP contribution >= 0.6 is 38.9 Å². The number of nitrogens with zero attached hydrogens (tertiary/aromatic N) is 1. The highest BCUT2D eigenvalue weighted by molar-refractivity contribution is 9.10. The summed E-state index contributed by atoms with van der Waals surface area (Å²) in [6, 6.07) is 4.69. The normalized spacial score (nSPS) is 12.4. The van der Waals surface area contributed by atoms with Crippen LogP contribution in [0.1, 0.15) is 23.7 Å². The van der Waals surface area contributed by atoms with Crippen LogP contribution in [0.5, 0.6) is 5.75 Å². The molecule has 0 aliphatic heterocycles. The minimum absolute atomic E-state index is 0.216. The van der Waals surface area contributed by atoms with Crippen LogP contribution in [0.4, 0.5) is 4.39 Å². The zero-order valence-electron chi connectivity index (χ0n) is 9.49. The molecule has 0 N–H and O–H groups in total. The van der Waals surface area contributed by atoms with Crippen molar-refractivity contribution in [2.24, 2.45) is 0 Å². The van der Waals surface area contributed by atoms with E-state index in [2.05, 4.69) is 20.9 Å². The molecule has 0 amide bonds. The van der Waals surface area contributed by atoms with E-state index >= 15 is 0 Å². The second-order valence-corrected chi connectivity index (χ2v) is 5.72. The Hall–Kier alpha value is -0.650. The van der Waals surface area contributed by atoms with Gasteiger partial charge in [0.25, 0.3) is 0 Å². The Labute approximate surface area is 122 Å². The van der Waals surface area contributed by atoms with E-state index < -0.39 is 5.82 Å². The lowest BCUT2D eigenvalue weighted by Gasteiger charge is -2.12. The fourth-order valence-corrected chi connectivity index (χ4v) is 2.75. The molecule has 0 aliphatic rings. The smallest absolute Gasteiger partial charge is 0.166 e. The molecule has 1 unspecified atom stereocenters. The molecule has 6 heteroatoms. The maximum absolute atomic E-state index is 13.6. The first kappa shape index (κ1) is 13.8. The van der Waals surface area contributed by atoms with Gasteiger partial charge in [0.15, 0.2) is 11.6 Å². The number of rotatable bonds is 4. The molecule has 18 heavy (non-hydrogen) atoms. The monoisotopic (exact) mass is 349 g/mol. The van der Waals surface area contributed by atoms with Crippen LogP contribution in [-0.2, 0) is 5.88 Å². The molecule has 0 aliphatic carbocycles. The number of halogens is 3. The third-order valence-electron chi connectivity index (χ3n) is 2.25. The Bertz CT molecular complexity index is 549. The predicted octanol–water partition coefficient (Wildman–Crippen LogP) is 4.92. The van der Waals surface area contributed by atoms with Gasteiger partial charge in [-0.1, -0.05) is 15.9 Å². The van der Waals surface area contributed by atoms with E-state index in [-0.39, 0.29) is 11.9 Å². The topological polar surface area (TPSA) is 22.1 Å². The van der Waals surface area contributed by atoms with Crippen molar-refractivity contribution in [3.63, 3.8) is 0 Å². The molecule has 2 nitrogen and oxygen atoms in total. The third-order valence-corrected chi connectivity index (χ3v) is 4.07. The van der Waals surface area contributed by atoms with Crippen LogP contribution in [0.25, 0.3) is 0 Å². The Morgan fingerprint density at radius 1 is 1.56 bits per heavy atom. The minimum Gasteiger partial charge on any atom is -0.480 e. The molecule has 0 saturated heterocycles. The molecule has 1 heterocycles. The molecule has 0 spiro atoms. The summed E-state index contributed by atoms with van der Waals surface area (Å²) in [5.41, 5.74) is 0.809. The molecule has 96 valence electrons. The van der Waals surface area contributed by atoms with Gasteiger partial charge in [-0.05, 0) is 25.1 Å². The number of alkyl halides is 1. The van der Waals surface area contributed by atoms with E-state index in [1.165, 1.54) is 17.4 Å². The molecule has 0 fully saturated rings. The number of ether oxygens (including phenoxy) is 1. The van der Waals surface area contributed by atoms with Gasteiger partial charge >= 0.3 is 0 Å². The van der Waals surface area contributed by atoms with Crippen molar-refractivity contribution in [2.45, 2.75) is 18.9 Å². The average Bonchev–Trinajstić information content (AvgIpc) is 2.81. The minimum atomic E-state index is -0.398. The maximum Gasteiger partial charge on any atom is 0.166 e. The molecule has 1 aromatic carbocycles. The second-order valence-electron chi connectivity index (χ2n) is 3.65. The van der Waals surface area contributed by atoms with Crippen molar-refractivity contribution in [1.82, 2.24) is 4.98 Å². The highest BCUT2D eigenvalue weighted by Crippen LogP contribution is 2.28. The number of hydrogen-bond acceptors (Lipinski definition) is 3. The summed E-state index contributed by atoms with van der Waals surface area (Å²) in [5, 5.41) is 2.66. The predicted molar refractivity (Wildman–Crippen MR) is 74.8 cm³/mol. The first-order valence-electron chi connectivity index (χ1n) is 5.22. The summed E-state index contributed by atoms with van der Waals surface area (Å²) in [6.07, 6.45) is -0.303. The Morgan fingerprint density at radius 2 is 2.33 bits per heavy atom. The van der Waals surface area contributed by atoms with Gasteiger partial charge in [0.1, 0.15) is 11.1 Å². The van der Waals surface area contributed by atoms with Crippen molar-refractivity contribution in [3.05, 3.63) is 44.6 Å². The molecule has 2 aromatic rings. The zero-order chi connectivity index (χ0) is 13.1. The molecule has 0 saturated carbocycles. The van der Waals surface area contributed by atoms with Crippen LogP contribution in [0, 0.1) is 5.82 Å². The lowest BCUT2D eigenvalue weighted by Crippen LogP contribution is -2.04. The summed E-state index contributed by atoms with van der Waals surface area (Å²) < 4.78 is 19.8. The van der Waals surface area contributed by atoms with Gasteiger partial charge in [0.05, 0.1) is 11.6 Å². The Morgan fingerprint density at radius 3 is 2.94 bits per heavy atom. The second kappa shape index (κ2) is 5.99. The summed E-state index contributed by atoms with van der Waals surface area (Å²) in [5.74, 6) is 0.189. The third kappa shape index (κ3) is 3.22. The first-order valence-corrected chi connectivity index (χ1v) is 7.43. The van der Waals surface area contributed by atoms with Crippen LogP contribution in [0.3, 0.4) is 0 Å². The largest absolute Gasteiger partial charge is 0.480 e. The van der Waals surface area contributed by atoms with Crippen LogP contribution in [0.2, 0.25) is 0 Å². The lowest BCUT2D eigenvalue weighted by molar-refractivity contribution is 0.215. The van der Waals surface area contributed by atoms with Crippen molar-refractivity contribution < 1.29 is 9.13 Å². The fourth-order valence-electron chi connectivity index (χ4n) is 1.38. The number of thiazole rings is 1. The summed E-state index contributed by atoms with van der Waals surface area (Å²) in [7, 11) is 0. The zero-order valence-corrected chi connectivity index (χ0v) is 12.6. The molecule has 2 rings (SSSR count). The Balaban J connectivity index is 2.13. The van der Waals surface area contributed by atoms with Gasteiger partial charge in [-0.2, -0.15) is 0 Å². The van der Waals surface area contributed by atoms with E-state index in [0.29, 0.717) is 10.4 Å². The van der Waals surface area contributed by atoms with Crippen molar-refractivity contribution in [3.8, 4) is 5.75 Å². The van der Waals surface area contributed by atoms with E-state index in [0.717, 1.165) is 10.7 Å². The van der Waals surface area contributed by atoms with Crippen molar-refractivity contribution >= 4 is 38.9 Å². The van der Waals surface area contributed by atoms with Gasteiger partial charge in [-0.25, -0.2) is 9.37 Å². The standard InChI is InChI=1S/C12H10BrClFNOS/c1-7(12-16-9(5-14)6-18-12)17-11-3-2-8(13)4-10(11)15/h2-4,6-7H,5H2,1H3. The molecule has 1 aromatic heterocycles. The van der Waals surface area contributed by atoms with E-state index in [1.807, 2.05) is 12.3 Å². The van der Waals surface area contributed by atoms with Gasteiger partial charge in [0, 0.05) is 9.85 Å². The molecule has 0 bridgehead atoms. The SMILES string of the molecule is CC(Oc1ccc(Br)cc1F)c1nc(CCl)cs1. The van der Waals surface area contributed by atoms with Gasteiger partial charge in [-0.15, -0.1) is 22.9 Å². The maximum atomic E-state index is 13.6. The average molecular weight is 351 g/mol. The summed E-state index contributed by atoms with van der Waals surface area (Å²) >= 11 is 10.3. The molecule has 1 atom stereocenters. The first-order chi connectivity index (χ1) is 8.60. The van der Waals surface area contributed by atoms with E-state index in [9.17, 15) is 4.39 Å². The summed E-state index contributed by atoms with van der Waals surface area (Å²) in [4.78, 5) is 4.30. The van der Waals surface area contributed by atoms with Crippen LogP contribution in [-0.4, -0.2) is 4.98 Å². The number of aromatic nitrogens is 1. The quantitative estimate of drug-likeness (QED) is 0.730.